The van der Waals surface area contributed by atoms with Crippen molar-refractivity contribution in [1.82, 2.24) is 15.4 Å². The van der Waals surface area contributed by atoms with E-state index in [2.05, 4.69) is 34.6 Å². The van der Waals surface area contributed by atoms with Crippen LogP contribution in [-0.2, 0) is 4.84 Å². The summed E-state index contributed by atoms with van der Waals surface area (Å²) in [4.78, 5) is 13.0. The van der Waals surface area contributed by atoms with Crippen molar-refractivity contribution in [2.75, 3.05) is 12.4 Å². The quantitative estimate of drug-likeness (QED) is 0.566. The van der Waals surface area contributed by atoms with Gasteiger partial charge in [0.05, 0.1) is 5.69 Å². The van der Waals surface area contributed by atoms with E-state index in [1.807, 2.05) is 6.07 Å². The molecule has 0 saturated carbocycles. The molecule has 5 nitrogen and oxygen atoms in total. The molecule has 1 aromatic rings. The first-order valence-electron chi connectivity index (χ1n) is 4.80. The van der Waals surface area contributed by atoms with E-state index in [0.29, 0.717) is 6.04 Å². The zero-order chi connectivity index (χ0) is 11.1. The number of anilines is 1. The van der Waals surface area contributed by atoms with E-state index in [4.69, 9.17) is 4.84 Å². The minimum Gasteiger partial charge on any atom is -0.417 e. The maximum Gasteiger partial charge on any atom is 0.130 e. The Balaban J connectivity index is 2.65. The maximum atomic E-state index is 4.85. The molecule has 0 aliphatic rings. The minimum absolute atomic E-state index is 0.352. The van der Waals surface area contributed by atoms with Crippen molar-refractivity contribution in [2.24, 2.45) is 0 Å². The third-order valence-corrected chi connectivity index (χ3v) is 1.55. The molecule has 0 amide bonds. The van der Waals surface area contributed by atoms with Crippen molar-refractivity contribution >= 4 is 11.9 Å². The van der Waals surface area contributed by atoms with Gasteiger partial charge in [-0.3, -0.25) is 0 Å². The van der Waals surface area contributed by atoms with Gasteiger partial charge in [0, 0.05) is 25.2 Å². The van der Waals surface area contributed by atoms with Crippen molar-refractivity contribution in [2.45, 2.75) is 19.9 Å². The fraction of sp³-hybridized carbons (Fsp3) is 0.400. The van der Waals surface area contributed by atoms with E-state index in [1.165, 1.54) is 12.6 Å². The highest BCUT2D eigenvalue weighted by molar-refractivity contribution is 5.49. The molecule has 15 heavy (non-hydrogen) atoms. The number of hydrogen-bond acceptors (Lipinski definition) is 5. The second kappa shape index (κ2) is 5.98. The first-order chi connectivity index (χ1) is 7.22. The molecule has 0 bridgehead atoms. The summed E-state index contributed by atoms with van der Waals surface area (Å²) < 4.78 is 0. The zero-order valence-electron chi connectivity index (χ0n) is 9.19. The van der Waals surface area contributed by atoms with Gasteiger partial charge in [-0.15, -0.1) is 0 Å². The molecule has 1 heterocycles. The normalized spacial score (nSPS) is 10.9. The first kappa shape index (κ1) is 11.5. The smallest absolute Gasteiger partial charge is 0.130 e. The van der Waals surface area contributed by atoms with Crippen LogP contribution in [0, 0.1) is 0 Å². The second-order valence-electron chi connectivity index (χ2n) is 3.25. The van der Waals surface area contributed by atoms with E-state index >= 15 is 0 Å². The Morgan fingerprint density at radius 1 is 1.40 bits per heavy atom. The molecule has 0 saturated heterocycles. The Morgan fingerprint density at radius 3 is 2.87 bits per heavy atom. The van der Waals surface area contributed by atoms with Gasteiger partial charge in [0.15, 0.2) is 0 Å². The van der Waals surface area contributed by atoms with Crippen molar-refractivity contribution < 1.29 is 4.84 Å². The van der Waals surface area contributed by atoms with Gasteiger partial charge < -0.3 is 10.2 Å². The van der Waals surface area contributed by atoms with Gasteiger partial charge >= 0.3 is 0 Å². The van der Waals surface area contributed by atoms with Crippen LogP contribution in [0.2, 0.25) is 0 Å². The Morgan fingerprint density at radius 2 is 2.20 bits per heavy atom. The molecule has 0 aliphatic heterocycles. The van der Waals surface area contributed by atoms with E-state index < -0.39 is 0 Å². The second-order valence-corrected chi connectivity index (χ2v) is 3.25. The summed E-state index contributed by atoms with van der Waals surface area (Å²) in [5.41, 5.74) is 3.33. The van der Waals surface area contributed by atoms with Crippen LogP contribution in [0.4, 0.5) is 5.82 Å². The Labute approximate surface area is 89.5 Å². The standard InChI is InChI=1S/C10H16N4O/c1-8(2)14-10-6-9(12-7-13-10)4-5-15-11-3/h4-8,11H,1-3H3,(H,12,13,14)/b5-4+. The van der Waals surface area contributed by atoms with Gasteiger partial charge in [0.25, 0.3) is 0 Å². The maximum absolute atomic E-state index is 4.85. The van der Waals surface area contributed by atoms with E-state index in [0.717, 1.165) is 11.5 Å². The van der Waals surface area contributed by atoms with Gasteiger partial charge in [-0.05, 0) is 13.8 Å². The molecule has 1 rings (SSSR count). The number of nitrogens with zero attached hydrogens (tertiary/aromatic N) is 2. The van der Waals surface area contributed by atoms with Gasteiger partial charge in [0.1, 0.15) is 18.4 Å². The summed E-state index contributed by atoms with van der Waals surface area (Å²) >= 11 is 0. The van der Waals surface area contributed by atoms with Crippen molar-refractivity contribution in [1.29, 1.82) is 0 Å². The summed E-state index contributed by atoms with van der Waals surface area (Å²) in [5.74, 6) is 0.809. The van der Waals surface area contributed by atoms with Crippen LogP contribution in [0.25, 0.3) is 6.08 Å². The lowest BCUT2D eigenvalue weighted by molar-refractivity contribution is 0.161. The average Bonchev–Trinajstić information content (AvgIpc) is 2.18. The third-order valence-electron chi connectivity index (χ3n) is 1.55. The molecule has 0 fully saturated rings. The predicted molar refractivity (Wildman–Crippen MR) is 60.0 cm³/mol. The summed E-state index contributed by atoms with van der Waals surface area (Å²) in [6.45, 7) is 4.11. The molecule has 82 valence electrons. The van der Waals surface area contributed by atoms with Crippen LogP contribution in [-0.4, -0.2) is 23.1 Å². The molecule has 1 aromatic heterocycles. The fourth-order valence-electron chi connectivity index (χ4n) is 1.01. The van der Waals surface area contributed by atoms with Crippen LogP contribution in [0.3, 0.4) is 0 Å². The lowest BCUT2D eigenvalue weighted by Gasteiger charge is -2.08. The Hall–Kier alpha value is -1.62. The van der Waals surface area contributed by atoms with Gasteiger partial charge in [0.2, 0.25) is 0 Å². The molecule has 0 aliphatic carbocycles. The topological polar surface area (TPSA) is 59.1 Å². The molecule has 5 heteroatoms. The average molecular weight is 208 g/mol. The largest absolute Gasteiger partial charge is 0.417 e. The van der Waals surface area contributed by atoms with E-state index in [9.17, 15) is 0 Å². The Bertz CT molecular complexity index is 325. The van der Waals surface area contributed by atoms with Crippen molar-refractivity contribution in [3.63, 3.8) is 0 Å². The molecule has 0 unspecified atom stereocenters. The van der Waals surface area contributed by atoms with Gasteiger partial charge in [-0.25, -0.2) is 9.97 Å². The number of hydrogen-bond donors (Lipinski definition) is 2. The molecule has 0 spiro atoms. The highest BCUT2D eigenvalue weighted by atomic mass is 16.6. The summed E-state index contributed by atoms with van der Waals surface area (Å²) in [5, 5.41) is 3.19. The van der Waals surface area contributed by atoms with Crippen LogP contribution < -0.4 is 10.8 Å². The van der Waals surface area contributed by atoms with Gasteiger partial charge in [-0.2, -0.15) is 5.48 Å². The SMILES string of the molecule is CNO/C=C/c1cc(NC(C)C)ncn1. The van der Waals surface area contributed by atoms with E-state index in [1.54, 1.807) is 13.1 Å². The Kier molecular flexibility index (Phi) is 4.56. The van der Waals surface area contributed by atoms with Crippen LogP contribution >= 0.6 is 0 Å². The molecular formula is C10H16N4O. The number of rotatable bonds is 5. The monoisotopic (exact) mass is 208 g/mol. The van der Waals surface area contributed by atoms with Crippen molar-refractivity contribution in [3.05, 3.63) is 24.3 Å². The summed E-state index contributed by atoms with van der Waals surface area (Å²) in [7, 11) is 1.69. The highest BCUT2D eigenvalue weighted by Gasteiger charge is 1.97. The molecule has 0 atom stereocenters. The lowest BCUT2D eigenvalue weighted by Crippen LogP contribution is -2.11. The van der Waals surface area contributed by atoms with Crippen LogP contribution in [0.15, 0.2) is 18.7 Å². The van der Waals surface area contributed by atoms with Crippen LogP contribution in [0.1, 0.15) is 19.5 Å². The summed E-state index contributed by atoms with van der Waals surface area (Å²) in [6.07, 6.45) is 4.80. The summed E-state index contributed by atoms with van der Waals surface area (Å²) in [6, 6.07) is 2.21. The molecular weight excluding hydrogens is 192 g/mol. The molecule has 0 radical (unpaired) electrons. The number of nitrogens with one attached hydrogen (secondary N) is 2. The van der Waals surface area contributed by atoms with Gasteiger partial charge in [-0.1, -0.05) is 0 Å². The highest BCUT2D eigenvalue weighted by Crippen LogP contribution is 2.06. The van der Waals surface area contributed by atoms with E-state index in [-0.39, 0.29) is 0 Å². The van der Waals surface area contributed by atoms with Crippen molar-refractivity contribution in [3.8, 4) is 0 Å². The third kappa shape index (κ3) is 4.42. The number of hydroxylamine groups is 1. The minimum atomic E-state index is 0.352. The lowest BCUT2D eigenvalue weighted by atomic mass is 10.3. The fourth-order valence-corrected chi connectivity index (χ4v) is 1.01. The first-order valence-corrected chi connectivity index (χ1v) is 4.80. The predicted octanol–water partition coefficient (Wildman–Crippen LogP) is 1.42. The zero-order valence-corrected chi connectivity index (χ0v) is 9.19. The van der Waals surface area contributed by atoms with Crippen LogP contribution in [0.5, 0.6) is 0 Å². The number of aromatic nitrogens is 2. The molecule has 2 N–H and O–H groups in total. The molecule has 0 aromatic carbocycles.